The van der Waals surface area contributed by atoms with Crippen LogP contribution < -0.4 is 0 Å². The van der Waals surface area contributed by atoms with Gasteiger partial charge in [-0.1, -0.05) is 0 Å². The first kappa shape index (κ1) is 14.1. The van der Waals surface area contributed by atoms with E-state index in [-0.39, 0.29) is 23.9 Å². The van der Waals surface area contributed by atoms with Crippen molar-refractivity contribution < 1.29 is 18.7 Å². The second-order valence-electron chi connectivity index (χ2n) is 5.55. The first-order valence-electron chi connectivity index (χ1n) is 7.34. The van der Waals surface area contributed by atoms with Gasteiger partial charge in [0, 0.05) is 26.6 Å². The van der Waals surface area contributed by atoms with Crippen molar-refractivity contribution in [1.29, 1.82) is 0 Å². The van der Waals surface area contributed by atoms with Crippen LogP contribution in [0, 0.1) is 0 Å². The minimum atomic E-state index is -0.00251. The normalized spacial score (nSPS) is 25.3. The van der Waals surface area contributed by atoms with Crippen molar-refractivity contribution in [3.8, 4) is 0 Å². The molecule has 3 rings (SSSR count). The van der Waals surface area contributed by atoms with Gasteiger partial charge >= 0.3 is 0 Å². The standard InChI is InChI=1S/C15H20N2O4/c1-20-9-7-16-13-4-6-17(12(13)2-3-14(16)18)15(19)11-5-8-21-10-11/h5,8,10,12-13H,2-4,6-7,9H2,1H3/t12-,13-/m1/s1. The number of likely N-dealkylation sites (tertiary alicyclic amines) is 2. The first-order chi connectivity index (χ1) is 10.2. The molecular formula is C15H20N2O4. The number of fused-ring (bicyclic) bond motifs is 1. The zero-order chi connectivity index (χ0) is 14.8. The maximum Gasteiger partial charge on any atom is 0.257 e. The summed E-state index contributed by atoms with van der Waals surface area (Å²) in [7, 11) is 1.63. The maximum atomic E-state index is 12.5. The third kappa shape index (κ3) is 2.55. The van der Waals surface area contributed by atoms with Gasteiger partial charge in [0.05, 0.1) is 30.5 Å². The molecule has 0 aromatic carbocycles. The summed E-state index contributed by atoms with van der Waals surface area (Å²) < 4.78 is 10.1. The van der Waals surface area contributed by atoms with Gasteiger partial charge in [-0.15, -0.1) is 0 Å². The number of piperidine rings is 1. The van der Waals surface area contributed by atoms with Crippen molar-refractivity contribution in [2.75, 3.05) is 26.8 Å². The number of hydrogen-bond acceptors (Lipinski definition) is 4. The van der Waals surface area contributed by atoms with Crippen LogP contribution >= 0.6 is 0 Å². The Hall–Kier alpha value is -1.82. The minimum absolute atomic E-state index is 0.00251. The molecule has 6 heteroatoms. The molecule has 0 unspecified atom stereocenters. The number of carbonyl (C=O) groups is 2. The number of nitrogens with zero attached hydrogens (tertiary/aromatic N) is 2. The molecular weight excluding hydrogens is 272 g/mol. The molecule has 1 aromatic heterocycles. The fourth-order valence-corrected chi connectivity index (χ4v) is 3.43. The summed E-state index contributed by atoms with van der Waals surface area (Å²) in [6.45, 7) is 1.82. The van der Waals surface area contributed by atoms with Crippen molar-refractivity contribution in [1.82, 2.24) is 9.80 Å². The van der Waals surface area contributed by atoms with Crippen LogP contribution in [-0.4, -0.2) is 60.5 Å². The minimum Gasteiger partial charge on any atom is -0.472 e. The van der Waals surface area contributed by atoms with Crippen LogP contribution in [0.1, 0.15) is 29.6 Å². The second kappa shape index (κ2) is 5.89. The highest BCUT2D eigenvalue weighted by atomic mass is 16.5. The van der Waals surface area contributed by atoms with Crippen molar-refractivity contribution in [3.05, 3.63) is 24.2 Å². The third-order valence-corrected chi connectivity index (χ3v) is 4.45. The highest BCUT2D eigenvalue weighted by Gasteiger charge is 2.44. The molecule has 21 heavy (non-hydrogen) atoms. The Morgan fingerprint density at radius 3 is 3.00 bits per heavy atom. The number of ether oxygens (including phenoxy) is 1. The molecule has 2 saturated heterocycles. The highest BCUT2D eigenvalue weighted by Crippen LogP contribution is 2.32. The molecule has 3 heterocycles. The van der Waals surface area contributed by atoms with E-state index in [1.807, 2.05) is 9.80 Å². The summed E-state index contributed by atoms with van der Waals surface area (Å²) in [6.07, 6.45) is 5.07. The molecule has 2 aliphatic heterocycles. The Kier molecular flexibility index (Phi) is 3.96. The van der Waals surface area contributed by atoms with Gasteiger partial charge in [0.25, 0.3) is 5.91 Å². The third-order valence-electron chi connectivity index (χ3n) is 4.45. The molecule has 0 spiro atoms. The Morgan fingerprint density at radius 1 is 1.43 bits per heavy atom. The number of furan rings is 1. The zero-order valence-corrected chi connectivity index (χ0v) is 12.2. The number of carbonyl (C=O) groups excluding carboxylic acids is 2. The molecule has 0 N–H and O–H groups in total. The molecule has 2 fully saturated rings. The summed E-state index contributed by atoms with van der Waals surface area (Å²) in [6, 6.07) is 1.92. The van der Waals surface area contributed by atoms with Gasteiger partial charge < -0.3 is 19.0 Å². The Bertz CT molecular complexity index is 514. The lowest BCUT2D eigenvalue weighted by molar-refractivity contribution is -0.138. The van der Waals surface area contributed by atoms with E-state index in [9.17, 15) is 9.59 Å². The van der Waals surface area contributed by atoms with E-state index in [1.165, 1.54) is 12.5 Å². The lowest BCUT2D eigenvalue weighted by Gasteiger charge is -2.39. The molecule has 0 radical (unpaired) electrons. The van der Waals surface area contributed by atoms with E-state index in [1.54, 1.807) is 13.2 Å². The van der Waals surface area contributed by atoms with Crippen LogP contribution in [0.3, 0.4) is 0 Å². The number of hydrogen-bond donors (Lipinski definition) is 0. The SMILES string of the molecule is COCCN1C(=O)CC[C@@H]2[C@H]1CCN2C(=O)c1ccoc1. The predicted molar refractivity (Wildman–Crippen MR) is 74.8 cm³/mol. The quantitative estimate of drug-likeness (QED) is 0.834. The summed E-state index contributed by atoms with van der Waals surface area (Å²) in [4.78, 5) is 28.4. The monoisotopic (exact) mass is 292 g/mol. The van der Waals surface area contributed by atoms with E-state index < -0.39 is 0 Å². The fourth-order valence-electron chi connectivity index (χ4n) is 3.43. The predicted octanol–water partition coefficient (Wildman–Crippen LogP) is 1.13. The lowest BCUT2D eigenvalue weighted by Crippen LogP contribution is -2.54. The molecule has 2 aliphatic rings. The van der Waals surface area contributed by atoms with Crippen molar-refractivity contribution in [2.45, 2.75) is 31.3 Å². The van der Waals surface area contributed by atoms with Crippen LogP contribution in [0.25, 0.3) is 0 Å². The summed E-state index contributed by atoms with van der Waals surface area (Å²) in [5.74, 6) is 0.170. The van der Waals surface area contributed by atoms with E-state index in [4.69, 9.17) is 9.15 Å². The summed E-state index contributed by atoms with van der Waals surface area (Å²) >= 11 is 0. The molecule has 0 saturated carbocycles. The number of rotatable bonds is 4. The summed E-state index contributed by atoms with van der Waals surface area (Å²) in [5.41, 5.74) is 0.580. The topological polar surface area (TPSA) is 63.0 Å². The van der Waals surface area contributed by atoms with Gasteiger partial charge in [-0.05, 0) is 18.9 Å². The number of amides is 2. The van der Waals surface area contributed by atoms with Gasteiger partial charge in [-0.2, -0.15) is 0 Å². The Labute approximate surface area is 123 Å². The van der Waals surface area contributed by atoms with E-state index in [0.29, 0.717) is 31.7 Å². The maximum absolute atomic E-state index is 12.5. The van der Waals surface area contributed by atoms with Gasteiger partial charge in [0.15, 0.2) is 0 Å². The molecule has 0 aliphatic carbocycles. The second-order valence-corrected chi connectivity index (χ2v) is 5.55. The smallest absolute Gasteiger partial charge is 0.257 e. The van der Waals surface area contributed by atoms with Crippen LogP contribution in [0.15, 0.2) is 23.0 Å². The van der Waals surface area contributed by atoms with Crippen LogP contribution in [-0.2, 0) is 9.53 Å². The van der Waals surface area contributed by atoms with E-state index in [2.05, 4.69) is 0 Å². The zero-order valence-electron chi connectivity index (χ0n) is 12.2. The van der Waals surface area contributed by atoms with Gasteiger partial charge in [-0.3, -0.25) is 9.59 Å². The van der Waals surface area contributed by atoms with Crippen molar-refractivity contribution in [3.63, 3.8) is 0 Å². The van der Waals surface area contributed by atoms with Crippen LogP contribution in [0.2, 0.25) is 0 Å². The Balaban J connectivity index is 1.74. The van der Waals surface area contributed by atoms with Crippen LogP contribution in [0.5, 0.6) is 0 Å². The molecule has 114 valence electrons. The van der Waals surface area contributed by atoms with Gasteiger partial charge in [0.1, 0.15) is 6.26 Å². The van der Waals surface area contributed by atoms with Crippen LogP contribution in [0.4, 0.5) is 0 Å². The average molecular weight is 292 g/mol. The fraction of sp³-hybridized carbons (Fsp3) is 0.600. The Morgan fingerprint density at radius 2 is 2.29 bits per heavy atom. The molecule has 1 aromatic rings. The number of methoxy groups -OCH3 is 1. The lowest BCUT2D eigenvalue weighted by atomic mass is 9.96. The molecule has 2 amide bonds. The largest absolute Gasteiger partial charge is 0.472 e. The summed E-state index contributed by atoms with van der Waals surface area (Å²) in [5, 5.41) is 0. The van der Waals surface area contributed by atoms with E-state index in [0.717, 1.165) is 12.8 Å². The van der Waals surface area contributed by atoms with Crippen molar-refractivity contribution >= 4 is 11.8 Å². The van der Waals surface area contributed by atoms with E-state index >= 15 is 0 Å². The highest BCUT2D eigenvalue weighted by molar-refractivity contribution is 5.94. The molecule has 0 bridgehead atoms. The van der Waals surface area contributed by atoms with Gasteiger partial charge in [0.2, 0.25) is 5.91 Å². The van der Waals surface area contributed by atoms with Crippen molar-refractivity contribution in [2.24, 2.45) is 0 Å². The average Bonchev–Trinajstić information content (AvgIpc) is 3.15. The first-order valence-corrected chi connectivity index (χ1v) is 7.34. The molecule has 6 nitrogen and oxygen atoms in total. The van der Waals surface area contributed by atoms with Gasteiger partial charge in [-0.25, -0.2) is 0 Å². The molecule has 2 atom stereocenters.